The maximum Gasteiger partial charge on any atom is 0.0237 e. The molecule has 0 amide bonds. The standard InChI is InChI=1S/C20H21N/c1-2-21(15-17-8-4-3-5-9-17)16-18-12-13-19-10-6-7-11-20(19)14-18/h3-14H,2,15-16H2,1H3. The van der Waals surface area contributed by atoms with Crippen LogP contribution in [0.2, 0.25) is 0 Å². The van der Waals surface area contributed by atoms with E-state index in [1.54, 1.807) is 0 Å². The molecule has 0 heterocycles. The van der Waals surface area contributed by atoms with Crippen LogP contribution < -0.4 is 0 Å². The summed E-state index contributed by atoms with van der Waals surface area (Å²) in [5.74, 6) is 0. The van der Waals surface area contributed by atoms with E-state index in [2.05, 4.69) is 84.6 Å². The smallest absolute Gasteiger partial charge is 0.0237 e. The van der Waals surface area contributed by atoms with Crippen LogP contribution in [0.5, 0.6) is 0 Å². The molecule has 0 radical (unpaired) electrons. The van der Waals surface area contributed by atoms with Crippen LogP contribution in [0.1, 0.15) is 18.1 Å². The van der Waals surface area contributed by atoms with E-state index in [1.165, 1.54) is 21.9 Å². The average Bonchev–Trinajstić information content (AvgIpc) is 2.55. The molecule has 0 spiro atoms. The van der Waals surface area contributed by atoms with E-state index in [0.29, 0.717) is 0 Å². The minimum atomic E-state index is 0.996. The zero-order chi connectivity index (χ0) is 14.5. The van der Waals surface area contributed by atoms with Gasteiger partial charge in [-0.05, 0) is 34.5 Å². The van der Waals surface area contributed by atoms with E-state index in [4.69, 9.17) is 0 Å². The van der Waals surface area contributed by atoms with Gasteiger partial charge in [-0.2, -0.15) is 0 Å². The first kappa shape index (κ1) is 13.8. The van der Waals surface area contributed by atoms with E-state index in [-0.39, 0.29) is 0 Å². The molecular formula is C20H21N. The quantitative estimate of drug-likeness (QED) is 0.642. The molecule has 0 unspecified atom stereocenters. The minimum Gasteiger partial charge on any atom is -0.295 e. The van der Waals surface area contributed by atoms with E-state index < -0.39 is 0 Å². The van der Waals surface area contributed by atoms with Crippen molar-refractivity contribution in [2.75, 3.05) is 6.54 Å². The Hall–Kier alpha value is -2.12. The van der Waals surface area contributed by atoms with Gasteiger partial charge < -0.3 is 0 Å². The van der Waals surface area contributed by atoms with Crippen molar-refractivity contribution in [3.05, 3.63) is 83.9 Å². The second-order valence-electron chi connectivity index (χ2n) is 5.47. The summed E-state index contributed by atoms with van der Waals surface area (Å²) in [5, 5.41) is 2.64. The van der Waals surface area contributed by atoms with Crippen LogP contribution in [0.25, 0.3) is 10.8 Å². The molecule has 0 N–H and O–H groups in total. The van der Waals surface area contributed by atoms with Crippen LogP contribution in [-0.2, 0) is 13.1 Å². The molecule has 0 saturated carbocycles. The topological polar surface area (TPSA) is 3.24 Å². The summed E-state index contributed by atoms with van der Waals surface area (Å²) in [6.07, 6.45) is 0. The Morgan fingerprint density at radius 2 is 1.33 bits per heavy atom. The second-order valence-corrected chi connectivity index (χ2v) is 5.47. The summed E-state index contributed by atoms with van der Waals surface area (Å²) in [5.41, 5.74) is 2.76. The fourth-order valence-corrected chi connectivity index (χ4v) is 2.72. The Morgan fingerprint density at radius 1 is 0.667 bits per heavy atom. The number of fused-ring (bicyclic) bond motifs is 1. The van der Waals surface area contributed by atoms with E-state index in [9.17, 15) is 0 Å². The van der Waals surface area contributed by atoms with Gasteiger partial charge in [0.1, 0.15) is 0 Å². The van der Waals surface area contributed by atoms with Crippen LogP contribution in [0.3, 0.4) is 0 Å². The highest BCUT2D eigenvalue weighted by Gasteiger charge is 2.05. The Labute approximate surface area is 126 Å². The van der Waals surface area contributed by atoms with Crippen molar-refractivity contribution in [2.24, 2.45) is 0 Å². The number of benzene rings is 3. The Balaban J connectivity index is 1.76. The third kappa shape index (κ3) is 3.50. The van der Waals surface area contributed by atoms with Crippen LogP contribution in [0, 0.1) is 0 Å². The number of rotatable bonds is 5. The first-order chi connectivity index (χ1) is 10.3. The van der Waals surface area contributed by atoms with Gasteiger partial charge in [-0.25, -0.2) is 0 Å². The predicted molar refractivity (Wildman–Crippen MR) is 90.2 cm³/mol. The molecule has 0 aromatic heterocycles. The fraction of sp³-hybridized carbons (Fsp3) is 0.200. The summed E-state index contributed by atoms with van der Waals surface area (Å²) < 4.78 is 0. The van der Waals surface area contributed by atoms with Crippen molar-refractivity contribution in [3.63, 3.8) is 0 Å². The number of hydrogen-bond acceptors (Lipinski definition) is 1. The Bertz CT molecular complexity index is 703. The second kappa shape index (κ2) is 6.55. The van der Waals surface area contributed by atoms with Gasteiger partial charge in [-0.15, -0.1) is 0 Å². The van der Waals surface area contributed by atoms with Crippen molar-refractivity contribution in [3.8, 4) is 0 Å². The first-order valence-corrected chi connectivity index (χ1v) is 7.59. The molecule has 21 heavy (non-hydrogen) atoms. The molecule has 1 heteroatoms. The fourth-order valence-electron chi connectivity index (χ4n) is 2.72. The normalized spacial score (nSPS) is 11.1. The van der Waals surface area contributed by atoms with Gasteiger partial charge in [-0.3, -0.25) is 4.90 Å². The van der Waals surface area contributed by atoms with Crippen molar-refractivity contribution in [1.82, 2.24) is 4.90 Å². The van der Waals surface area contributed by atoms with Crippen LogP contribution in [0.4, 0.5) is 0 Å². The number of hydrogen-bond donors (Lipinski definition) is 0. The van der Waals surface area contributed by atoms with Crippen LogP contribution in [0.15, 0.2) is 72.8 Å². The van der Waals surface area contributed by atoms with Gasteiger partial charge in [0.25, 0.3) is 0 Å². The van der Waals surface area contributed by atoms with Gasteiger partial charge in [0.05, 0.1) is 0 Å². The highest BCUT2D eigenvalue weighted by molar-refractivity contribution is 5.82. The summed E-state index contributed by atoms with van der Waals surface area (Å²) in [4.78, 5) is 2.47. The zero-order valence-electron chi connectivity index (χ0n) is 12.5. The summed E-state index contributed by atoms with van der Waals surface area (Å²) in [6.45, 7) is 5.28. The van der Waals surface area contributed by atoms with E-state index in [1.807, 2.05) is 0 Å². The predicted octanol–water partition coefficient (Wildman–Crippen LogP) is 4.86. The molecule has 0 aliphatic carbocycles. The van der Waals surface area contributed by atoms with Crippen molar-refractivity contribution < 1.29 is 0 Å². The highest BCUT2D eigenvalue weighted by atomic mass is 15.1. The Kier molecular flexibility index (Phi) is 4.32. The molecular weight excluding hydrogens is 254 g/mol. The zero-order valence-corrected chi connectivity index (χ0v) is 12.5. The molecule has 0 fully saturated rings. The largest absolute Gasteiger partial charge is 0.295 e. The van der Waals surface area contributed by atoms with Gasteiger partial charge in [0.2, 0.25) is 0 Å². The molecule has 0 atom stereocenters. The summed E-state index contributed by atoms with van der Waals surface area (Å²) in [6, 6.07) is 26.0. The van der Waals surface area contributed by atoms with Crippen LogP contribution >= 0.6 is 0 Å². The van der Waals surface area contributed by atoms with E-state index in [0.717, 1.165) is 19.6 Å². The lowest BCUT2D eigenvalue weighted by atomic mass is 10.1. The average molecular weight is 275 g/mol. The molecule has 106 valence electrons. The molecule has 0 saturated heterocycles. The molecule has 1 nitrogen and oxygen atoms in total. The molecule has 0 bridgehead atoms. The van der Waals surface area contributed by atoms with Gasteiger partial charge >= 0.3 is 0 Å². The lowest BCUT2D eigenvalue weighted by Crippen LogP contribution is -2.22. The molecule has 0 aliphatic heterocycles. The maximum atomic E-state index is 2.47. The van der Waals surface area contributed by atoms with E-state index >= 15 is 0 Å². The number of nitrogens with zero attached hydrogens (tertiary/aromatic N) is 1. The lowest BCUT2D eigenvalue weighted by molar-refractivity contribution is 0.271. The third-order valence-electron chi connectivity index (χ3n) is 3.92. The Morgan fingerprint density at radius 3 is 2.10 bits per heavy atom. The van der Waals surface area contributed by atoms with Gasteiger partial charge in [0, 0.05) is 13.1 Å². The van der Waals surface area contributed by atoms with Crippen molar-refractivity contribution >= 4 is 10.8 Å². The SMILES string of the molecule is CCN(Cc1ccccc1)Cc1ccc2ccccc2c1. The van der Waals surface area contributed by atoms with Crippen molar-refractivity contribution in [2.45, 2.75) is 20.0 Å². The summed E-state index contributed by atoms with van der Waals surface area (Å²) >= 11 is 0. The lowest BCUT2D eigenvalue weighted by Gasteiger charge is -2.21. The van der Waals surface area contributed by atoms with Gasteiger partial charge in [0.15, 0.2) is 0 Å². The minimum absolute atomic E-state index is 0.996. The summed E-state index contributed by atoms with van der Waals surface area (Å²) in [7, 11) is 0. The monoisotopic (exact) mass is 275 g/mol. The van der Waals surface area contributed by atoms with Crippen LogP contribution in [-0.4, -0.2) is 11.4 Å². The molecule has 3 aromatic rings. The molecule has 3 rings (SSSR count). The molecule has 0 aliphatic rings. The maximum absolute atomic E-state index is 2.47. The highest BCUT2D eigenvalue weighted by Crippen LogP contribution is 2.17. The molecule has 3 aromatic carbocycles. The first-order valence-electron chi connectivity index (χ1n) is 7.59. The van der Waals surface area contributed by atoms with Crippen molar-refractivity contribution in [1.29, 1.82) is 0 Å². The van der Waals surface area contributed by atoms with Gasteiger partial charge in [-0.1, -0.05) is 73.7 Å². The third-order valence-corrected chi connectivity index (χ3v) is 3.92.